The second kappa shape index (κ2) is 6.57. The molecule has 0 aliphatic carbocycles. The molecule has 6 nitrogen and oxygen atoms in total. The molecule has 3 aromatic rings. The first-order chi connectivity index (χ1) is 11.4. The number of H-pyrrole nitrogens is 1. The van der Waals surface area contributed by atoms with Gasteiger partial charge in [-0.3, -0.25) is 4.90 Å². The van der Waals surface area contributed by atoms with E-state index in [1.807, 2.05) is 42.7 Å². The molecule has 0 saturated heterocycles. The molecule has 24 heavy (non-hydrogen) atoms. The number of benzene rings is 1. The molecule has 6 heteroatoms. The van der Waals surface area contributed by atoms with Gasteiger partial charge >= 0.3 is 0 Å². The fourth-order valence-corrected chi connectivity index (χ4v) is 2.50. The van der Waals surface area contributed by atoms with Gasteiger partial charge in [0.25, 0.3) is 0 Å². The molecule has 1 N–H and O–H groups in total. The lowest BCUT2D eigenvalue weighted by atomic mass is 9.96. The Morgan fingerprint density at radius 2 is 1.83 bits per heavy atom. The molecule has 0 spiro atoms. The first-order valence-corrected chi connectivity index (χ1v) is 8.11. The molecule has 3 rings (SSSR count). The second-order valence-electron chi connectivity index (χ2n) is 7.14. The molecule has 0 unspecified atom stereocenters. The molecule has 0 saturated carbocycles. The van der Waals surface area contributed by atoms with Crippen molar-refractivity contribution in [1.82, 2.24) is 29.9 Å². The average molecular weight is 324 g/mol. The first-order valence-electron chi connectivity index (χ1n) is 8.11. The zero-order valence-electron chi connectivity index (χ0n) is 14.7. The van der Waals surface area contributed by atoms with Crippen LogP contribution in [0, 0.1) is 0 Å². The maximum absolute atomic E-state index is 4.54. The lowest BCUT2D eigenvalue weighted by Gasteiger charge is -2.15. The number of aromatic nitrogens is 5. The molecule has 0 aliphatic heterocycles. The van der Waals surface area contributed by atoms with Gasteiger partial charge in [0, 0.05) is 30.4 Å². The summed E-state index contributed by atoms with van der Waals surface area (Å²) in [4.78, 5) is 11.7. The Morgan fingerprint density at radius 3 is 2.50 bits per heavy atom. The minimum atomic E-state index is 0.0369. The largest absolute Gasteiger partial charge is 0.344 e. The van der Waals surface area contributed by atoms with E-state index >= 15 is 0 Å². The highest BCUT2D eigenvalue weighted by Gasteiger charge is 2.17. The van der Waals surface area contributed by atoms with Crippen molar-refractivity contribution in [3.63, 3.8) is 0 Å². The zero-order valence-corrected chi connectivity index (χ0v) is 14.7. The molecule has 1 aromatic carbocycles. The molecular formula is C18H24N6. The molecule has 2 aromatic heterocycles. The lowest BCUT2D eigenvalue weighted by molar-refractivity contribution is 0.310. The quantitative estimate of drug-likeness (QED) is 0.784. The van der Waals surface area contributed by atoms with Crippen LogP contribution in [-0.2, 0) is 18.5 Å². The van der Waals surface area contributed by atoms with Crippen molar-refractivity contribution >= 4 is 0 Å². The minimum absolute atomic E-state index is 0.0369. The number of hydrogen-bond donors (Lipinski definition) is 1. The van der Waals surface area contributed by atoms with Gasteiger partial charge in [-0.1, -0.05) is 39.0 Å². The highest BCUT2D eigenvalue weighted by Crippen LogP contribution is 2.19. The van der Waals surface area contributed by atoms with Crippen LogP contribution >= 0.6 is 0 Å². The molecule has 126 valence electrons. The molecule has 0 radical (unpaired) electrons. The topological polar surface area (TPSA) is 62.6 Å². The lowest BCUT2D eigenvalue weighted by Crippen LogP contribution is -2.18. The third-order valence-electron chi connectivity index (χ3n) is 3.74. The van der Waals surface area contributed by atoms with Gasteiger partial charge in [-0.05, 0) is 19.2 Å². The molecular weight excluding hydrogens is 300 g/mol. The van der Waals surface area contributed by atoms with E-state index in [2.05, 4.69) is 52.9 Å². The number of nitrogens with zero attached hydrogens (tertiary/aromatic N) is 5. The number of rotatable bonds is 5. The monoisotopic (exact) mass is 324 g/mol. The van der Waals surface area contributed by atoms with Gasteiger partial charge in [0.1, 0.15) is 5.82 Å². The number of imidazole rings is 1. The molecule has 0 amide bonds. The van der Waals surface area contributed by atoms with Gasteiger partial charge in [-0.25, -0.2) is 4.98 Å². The van der Waals surface area contributed by atoms with Crippen molar-refractivity contribution in [1.29, 1.82) is 0 Å². The minimum Gasteiger partial charge on any atom is -0.344 e. The van der Waals surface area contributed by atoms with Gasteiger partial charge in [0.2, 0.25) is 0 Å². The average Bonchev–Trinajstić information content (AvgIpc) is 3.17. The summed E-state index contributed by atoms with van der Waals surface area (Å²) in [6.07, 6.45) is 3.73. The van der Waals surface area contributed by atoms with Gasteiger partial charge in [0.05, 0.1) is 17.6 Å². The molecule has 0 atom stereocenters. The van der Waals surface area contributed by atoms with Crippen LogP contribution in [0.2, 0.25) is 0 Å². The van der Waals surface area contributed by atoms with E-state index in [1.54, 1.807) is 4.80 Å². The van der Waals surface area contributed by atoms with Crippen molar-refractivity contribution < 1.29 is 0 Å². The van der Waals surface area contributed by atoms with Crippen LogP contribution in [0.25, 0.3) is 5.69 Å². The van der Waals surface area contributed by atoms with Crippen LogP contribution in [0.4, 0.5) is 0 Å². The summed E-state index contributed by atoms with van der Waals surface area (Å²) in [6, 6.07) is 9.93. The van der Waals surface area contributed by atoms with Crippen LogP contribution in [-0.4, -0.2) is 36.9 Å². The smallest absolute Gasteiger partial charge is 0.111 e. The SMILES string of the molecule is CN(Cc1cnn(-c2ccccc2)n1)Cc1cnc(C(C)(C)C)[nH]1. The summed E-state index contributed by atoms with van der Waals surface area (Å²) in [5.74, 6) is 1.01. The standard InChI is InChI=1S/C18H24N6/c1-18(2,3)17-19-10-14(21-17)12-23(4)13-15-11-20-24(22-15)16-8-6-5-7-9-16/h5-11H,12-13H2,1-4H3,(H,19,21). The van der Waals surface area contributed by atoms with E-state index in [0.29, 0.717) is 0 Å². The van der Waals surface area contributed by atoms with Gasteiger partial charge in [-0.2, -0.15) is 15.0 Å². The van der Waals surface area contributed by atoms with E-state index in [-0.39, 0.29) is 5.41 Å². The van der Waals surface area contributed by atoms with Crippen LogP contribution in [0.15, 0.2) is 42.7 Å². The van der Waals surface area contributed by atoms with Crippen molar-refractivity contribution in [3.05, 3.63) is 59.9 Å². The van der Waals surface area contributed by atoms with Crippen molar-refractivity contribution in [2.24, 2.45) is 0 Å². The van der Waals surface area contributed by atoms with E-state index in [9.17, 15) is 0 Å². The van der Waals surface area contributed by atoms with E-state index < -0.39 is 0 Å². The van der Waals surface area contributed by atoms with Crippen molar-refractivity contribution in [3.8, 4) is 5.69 Å². The van der Waals surface area contributed by atoms with Crippen LogP contribution in [0.3, 0.4) is 0 Å². The third kappa shape index (κ3) is 3.89. The summed E-state index contributed by atoms with van der Waals surface area (Å²) in [5.41, 5.74) is 3.06. The zero-order chi connectivity index (χ0) is 17.2. The summed E-state index contributed by atoms with van der Waals surface area (Å²) in [6.45, 7) is 7.99. The molecule has 0 bridgehead atoms. The Balaban J connectivity index is 1.62. The highest BCUT2D eigenvalue weighted by molar-refractivity contribution is 5.28. The number of aromatic amines is 1. The van der Waals surface area contributed by atoms with Crippen molar-refractivity contribution in [2.45, 2.75) is 39.3 Å². The summed E-state index contributed by atoms with van der Waals surface area (Å²) in [7, 11) is 2.07. The summed E-state index contributed by atoms with van der Waals surface area (Å²) in [5, 5.41) is 8.89. The van der Waals surface area contributed by atoms with E-state index in [1.165, 1.54) is 0 Å². The van der Waals surface area contributed by atoms with Gasteiger partial charge < -0.3 is 4.98 Å². The van der Waals surface area contributed by atoms with Crippen molar-refractivity contribution in [2.75, 3.05) is 7.05 Å². The number of hydrogen-bond acceptors (Lipinski definition) is 4. The predicted molar refractivity (Wildman–Crippen MR) is 93.8 cm³/mol. The van der Waals surface area contributed by atoms with Crippen LogP contribution in [0.5, 0.6) is 0 Å². The maximum Gasteiger partial charge on any atom is 0.111 e. The Bertz CT molecular complexity index is 781. The molecule has 0 fully saturated rings. The van der Waals surface area contributed by atoms with Crippen LogP contribution < -0.4 is 0 Å². The van der Waals surface area contributed by atoms with Gasteiger partial charge in [0.15, 0.2) is 0 Å². The van der Waals surface area contributed by atoms with E-state index in [4.69, 9.17) is 0 Å². The fourth-order valence-electron chi connectivity index (χ4n) is 2.50. The number of nitrogens with one attached hydrogen (secondary N) is 1. The molecule has 2 heterocycles. The first kappa shape index (κ1) is 16.4. The number of para-hydroxylation sites is 1. The molecule has 0 aliphatic rings. The normalized spacial score (nSPS) is 12.0. The summed E-state index contributed by atoms with van der Waals surface area (Å²) >= 11 is 0. The van der Waals surface area contributed by atoms with E-state index in [0.717, 1.165) is 36.0 Å². The second-order valence-corrected chi connectivity index (χ2v) is 7.14. The predicted octanol–water partition coefficient (Wildman–Crippen LogP) is 2.92. The Labute approximate surface area is 142 Å². The Kier molecular flexibility index (Phi) is 4.49. The Morgan fingerprint density at radius 1 is 1.08 bits per heavy atom. The summed E-state index contributed by atoms with van der Waals surface area (Å²) < 4.78 is 0. The third-order valence-corrected chi connectivity index (χ3v) is 3.74. The van der Waals surface area contributed by atoms with Crippen LogP contribution in [0.1, 0.15) is 38.0 Å². The maximum atomic E-state index is 4.54. The Hall–Kier alpha value is -2.47. The van der Waals surface area contributed by atoms with Gasteiger partial charge in [-0.15, -0.1) is 0 Å². The fraction of sp³-hybridized carbons (Fsp3) is 0.389. The highest BCUT2D eigenvalue weighted by atomic mass is 15.5.